The molecule has 0 unspecified atom stereocenters. The third-order valence-corrected chi connectivity index (χ3v) is 5.03. The third-order valence-electron chi connectivity index (χ3n) is 4.07. The Morgan fingerprint density at radius 2 is 2.00 bits per heavy atom. The van der Waals surface area contributed by atoms with Crippen molar-refractivity contribution in [3.63, 3.8) is 0 Å². The molecule has 1 atom stereocenters. The maximum absolute atomic E-state index is 13.0. The smallest absolute Gasteiger partial charge is 0.254 e. The second-order valence-corrected chi connectivity index (χ2v) is 6.87. The summed E-state index contributed by atoms with van der Waals surface area (Å²) in [6, 6.07) is 4.96. The largest absolute Gasteiger partial charge is 0.378 e. The second-order valence-electron chi connectivity index (χ2n) is 5.65. The first-order valence-electron chi connectivity index (χ1n) is 7.57. The number of benzene rings is 1. The Balaban J connectivity index is 1.98. The van der Waals surface area contributed by atoms with Crippen molar-refractivity contribution < 1.29 is 9.53 Å². The quantitative estimate of drug-likeness (QED) is 0.766. The predicted molar refractivity (Wildman–Crippen MR) is 98.2 cm³/mol. The van der Waals surface area contributed by atoms with E-state index in [2.05, 4.69) is 10.6 Å². The Bertz CT molecular complexity index is 717. The van der Waals surface area contributed by atoms with Crippen molar-refractivity contribution in [2.75, 3.05) is 26.3 Å². The van der Waals surface area contributed by atoms with Crippen LogP contribution in [0.4, 0.5) is 0 Å². The van der Waals surface area contributed by atoms with E-state index in [0.29, 0.717) is 47.0 Å². The molecule has 1 aromatic rings. The highest BCUT2D eigenvalue weighted by Gasteiger charge is 2.33. The number of amides is 1. The zero-order chi connectivity index (χ0) is 17.3. The first-order valence-corrected chi connectivity index (χ1v) is 8.74. The number of nitrogens with zero attached hydrogens (tertiary/aromatic N) is 1. The molecule has 2 aliphatic rings. The molecular formula is C16H17Cl2N3O2S. The topological polar surface area (TPSA) is 53.6 Å². The van der Waals surface area contributed by atoms with Gasteiger partial charge in [0, 0.05) is 18.8 Å². The number of hydrogen-bond acceptors (Lipinski definition) is 3. The summed E-state index contributed by atoms with van der Waals surface area (Å²) < 4.78 is 5.33. The van der Waals surface area contributed by atoms with E-state index in [1.54, 1.807) is 17.0 Å². The zero-order valence-corrected chi connectivity index (χ0v) is 15.4. The van der Waals surface area contributed by atoms with Gasteiger partial charge in [-0.1, -0.05) is 29.3 Å². The van der Waals surface area contributed by atoms with Crippen molar-refractivity contribution in [3.8, 4) is 0 Å². The van der Waals surface area contributed by atoms with Crippen LogP contribution < -0.4 is 10.6 Å². The van der Waals surface area contributed by atoms with Crippen LogP contribution in [-0.2, 0) is 9.53 Å². The lowest BCUT2D eigenvalue weighted by Gasteiger charge is -2.35. The zero-order valence-electron chi connectivity index (χ0n) is 13.1. The number of halogens is 2. The van der Waals surface area contributed by atoms with Crippen LogP contribution >= 0.6 is 35.4 Å². The Labute approximate surface area is 155 Å². The van der Waals surface area contributed by atoms with Crippen LogP contribution in [0.25, 0.3) is 0 Å². The first kappa shape index (κ1) is 17.5. The lowest BCUT2D eigenvalue weighted by atomic mass is 9.94. The molecule has 128 valence electrons. The van der Waals surface area contributed by atoms with Crippen LogP contribution in [0.2, 0.25) is 10.0 Å². The Kier molecular flexibility index (Phi) is 5.30. The molecule has 24 heavy (non-hydrogen) atoms. The van der Waals surface area contributed by atoms with Gasteiger partial charge < -0.3 is 20.3 Å². The molecule has 0 radical (unpaired) electrons. The van der Waals surface area contributed by atoms with Gasteiger partial charge in [0.2, 0.25) is 0 Å². The molecule has 1 aromatic carbocycles. The average Bonchev–Trinajstić information content (AvgIpc) is 2.57. The number of carbonyl (C=O) groups is 1. The van der Waals surface area contributed by atoms with E-state index in [0.717, 1.165) is 11.3 Å². The molecule has 0 spiro atoms. The van der Waals surface area contributed by atoms with Crippen LogP contribution in [0, 0.1) is 0 Å². The van der Waals surface area contributed by atoms with Gasteiger partial charge in [-0.3, -0.25) is 4.79 Å². The Morgan fingerprint density at radius 3 is 2.67 bits per heavy atom. The summed E-state index contributed by atoms with van der Waals surface area (Å²) in [4.78, 5) is 14.8. The van der Waals surface area contributed by atoms with E-state index in [4.69, 9.17) is 40.2 Å². The van der Waals surface area contributed by atoms with Gasteiger partial charge in [0.05, 0.1) is 34.9 Å². The molecule has 5 nitrogen and oxygen atoms in total. The lowest BCUT2D eigenvalue weighted by Crippen LogP contribution is -2.49. The molecule has 2 aliphatic heterocycles. The minimum Gasteiger partial charge on any atom is -0.378 e. The van der Waals surface area contributed by atoms with E-state index in [9.17, 15) is 4.79 Å². The number of rotatable bonds is 2. The number of allylic oxidation sites excluding steroid dienone is 1. The molecule has 0 aliphatic carbocycles. The summed E-state index contributed by atoms with van der Waals surface area (Å²) in [6.07, 6.45) is 0. The molecule has 1 amide bonds. The molecule has 2 heterocycles. The van der Waals surface area contributed by atoms with Gasteiger partial charge >= 0.3 is 0 Å². The standard InChI is InChI=1S/C16H17Cl2N3O2S/c1-9-13(15(22)21-4-6-23-7-5-21)14(20-16(24)19-9)10-2-3-11(17)12(18)8-10/h2-3,8,14H,4-7H2,1H3,(H2,19,20,24)/t14-/m1/s1. The third kappa shape index (κ3) is 3.52. The van der Waals surface area contributed by atoms with Crippen LogP contribution in [0.5, 0.6) is 0 Å². The van der Waals surface area contributed by atoms with E-state index >= 15 is 0 Å². The molecule has 0 aromatic heterocycles. The maximum Gasteiger partial charge on any atom is 0.254 e. The molecule has 8 heteroatoms. The van der Waals surface area contributed by atoms with Gasteiger partial charge in [0.15, 0.2) is 5.11 Å². The summed E-state index contributed by atoms with van der Waals surface area (Å²) in [6.45, 7) is 4.11. The monoisotopic (exact) mass is 385 g/mol. The minimum atomic E-state index is -0.371. The van der Waals surface area contributed by atoms with Crippen molar-refractivity contribution in [2.24, 2.45) is 0 Å². The van der Waals surface area contributed by atoms with Gasteiger partial charge in [-0.25, -0.2) is 0 Å². The summed E-state index contributed by atoms with van der Waals surface area (Å²) in [5.41, 5.74) is 2.21. The first-order chi connectivity index (χ1) is 11.5. The average molecular weight is 386 g/mol. The van der Waals surface area contributed by atoms with Crippen LogP contribution in [-0.4, -0.2) is 42.2 Å². The fourth-order valence-corrected chi connectivity index (χ4v) is 3.43. The predicted octanol–water partition coefficient (Wildman–Crippen LogP) is 2.64. The number of morpholine rings is 1. The number of carbonyl (C=O) groups excluding carboxylic acids is 1. The molecule has 2 N–H and O–H groups in total. The van der Waals surface area contributed by atoms with E-state index in [-0.39, 0.29) is 11.9 Å². The van der Waals surface area contributed by atoms with Crippen molar-refractivity contribution in [2.45, 2.75) is 13.0 Å². The fraction of sp³-hybridized carbons (Fsp3) is 0.375. The SMILES string of the molecule is CC1=C(C(=O)N2CCOCC2)[C@@H](c2ccc(Cl)c(Cl)c2)NC(=S)N1. The molecule has 1 fully saturated rings. The Hall–Kier alpha value is -1.34. The number of nitrogens with one attached hydrogen (secondary N) is 2. The van der Waals surface area contributed by atoms with Gasteiger partial charge in [0.1, 0.15) is 0 Å². The van der Waals surface area contributed by atoms with Crippen LogP contribution in [0.15, 0.2) is 29.5 Å². The van der Waals surface area contributed by atoms with E-state index in [1.165, 1.54) is 0 Å². The van der Waals surface area contributed by atoms with Crippen molar-refractivity contribution in [1.82, 2.24) is 15.5 Å². The highest BCUT2D eigenvalue weighted by atomic mass is 35.5. The second kappa shape index (κ2) is 7.27. The fourth-order valence-electron chi connectivity index (χ4n) is 2.86. The molecular weight excluding hydrogens is 369 g/mol. The van der Waals surface area contributed by atoms with Gasteiger partial charge in [-0.15, -0.1) is 0 Å². The van der Waals surface area contributed by atoms with E-state index in [1.807, 2.05) is 13.0 Å². The summed E-state index contributed by atoms with van der Waals surface area (Å²) >= 11 is 17.4. The number of hydrogen-bond donors (Lipinski definition) is 2. The van der Waals surface area contributed by atoms with Crippen LogP contribution in [0.3, 0.4) is 0 Å². The summed E-state index contributed by atoms with van der Waals surface area (Å²) in [5, 5.41) is 7.59. The van der Waals surface area contributed by atoms with E-state index < -0.39 is 0 Å². The van der Waals surface area contributed by atoms with Crippen molar-refractivity contribution in [1.29, 1.82) is 0 Å². The minimum absolute atomic E-state index is 0.0330. The van der Waals surface area contributed by atoms with Gasteiger partial charge in [-0.05, 0) is 36.8 Å². The molecule has 0 saturated carbocycles. The van der Waals surface area contributed by atoms with Crippen molar-refractivity contribution in [3.05, 3.63) is 45.1 Å². The highest BCUT2D eigenvalue weighted by Crippen LogP contribution is 2.32. The number of thiocarbonyl (C=S) groups is 1. The maximum atomic E-state index is 13.0. The summed E-state index contributed by atoms with van der Waals surface area (Å²) in [5.74, 6) is -0.0330. The van der Waals surface area contributed by atoms with Crippen LogP contribution in [0.1, 0.15) is 18.5 Å². The van der Waals surface area contributed by atoms with Gasteiger partial charge in [-0.2, -0.15) is 0 Å². The normalized spacial score (nSPS) is 21.4. The van der Waals surface area contributed by atoms with Crippen molar-refractivity contribution >= 4 is 46.4 Å². The molecule has 3 rings (SSSR count). The Morgan fingerprint density at radius 1 is 1.29 bits per heavy atom. The number of ether oxygens (including phenoxy) is 1. The van der Waals surface area contributed by atoms with Gasteiger partial charge in [0.25, 0.3) is 5.91 Å². The highest BCUT2D eigenvalue weighted by molar-refractivity contribution is 7.80. The molecule has 1 saturated heterocycles. The molecule has 0 bridgehead atoms. The lowest BCUT2D eigenvalue weighted by molar-refractivity contribution is -0.131. The summed E-state index contributed by atoms with van der Waals surface area (Å²) in [7, 11) is 0.